The minimum Gasteiger partial charge on any atom is -0.480 e. The van der Waals surface area contributed by atoms with Crippen molar-refractivity contribution in [1.29, 1.82) is 0 Å². The first kappa shape index (κ1) is 14.4. The molecule has 0 radical (unpaired) electrons. The van der Waals surface area contributed by atoms with Gasteiger partial charge in [0.25, 0.3) is 0 Å². The van der Waals surface area contributed by atoms with Crippen molar-refractivity contribution in [3.8, 4) is 0 Å². The number of amides is 2. The first-order chi connectivity index (χ1) is 9.45. The van der Waals surface area contributed by atoms with E-state index in [1.165, 1.54) is 0 Å². The van der Waals surface area contributed by atoms with E-state index in [0.29, 0.717) is 5.69 Å². The Morgan fingerprint density at radius 2 is 2.10 bits per heavy atom. The number of hydrogen-bond acceptors (Lipinski definition) is 2. The molecular weight excluding hydrogens is 256 g/mol. The summed E-state index contributed by atoms with van der Waals surface area (Å²) in [6.45, 7) is 3.60. The third kappa shape index (κ3) is 3.10. The Morgan fingerprint density at radius 1 is 1.40 bits per heavy atom. The van der Waals surface area contributed by atoms with Crippen LogP contribution in [0.1, 0.15) is 32.3 Å². The highest BCUT2D eigenvalue weighted by molar-refractivity contribution is 5.94. The van der Waals surface area contributed by atoms with Gasteiger partial charge in [-0.25, -0.2) is 9.59 Å². The van der Waals surface area contributed by atoms with E-state index >= 15 is 0 Å². The second-order valence-corrected chi connectivity index (χ2v) is 5.41. The third-order valence-corrected chi connectivity index (χ3v) is 3.80. The molecule has 1 aromatic rings. The fourth-order valence-corrected chi connectivity index (χ4v) is 2.26. The van der Waals surface area contributed by atoms with Crippen molar-refractivity contribution in [1.82, 2.24) is 5.32 Å². The van der Waals surface area contributed by atoms with E-state index in [4.69, 9.17) is 0 Å². The summed E-state index contributed by atoms with van der Waals surface area (Å²) in [5.41, 5.74) is 0.600. The van der Waals surface area contributed by atoms with Gasteiger partial charge in [-0.2, -0.15) is 0 Å². The van der Waals surface area contributed by atoms with Crippen LogP contribution in [-0.2, 0) is 11.2 Å². The molecular formula is C15H20N2O3. The van der Waals surface area contributed by atoms with Gasteiger partial charge in [0.15, 0.2) is 0 Å². The summed E-state index contributed by atoms with van der Waals surface area (Å²) in [4.78, 5) is 23.3. The number of carboxylic acid groups (broad SMARTS) is 1. The van der Waals surface area contributed by atoms with E-state index in [1.54, 1.807) is 13.0 Å². The lowest BCUT2D eigenvalue weighted by atomic mass is 9.96. The number of carbonyl (C=O) groups excluding carboxylic acids is 1. The van der Waals surface area contributed by atoms with Crippen LogP contribution in [0.25, 0.3) is 0 Å². The van der Waals surface area contributed by atoms with Crippen LogP contribution >= 0.6 is 0 Å². The number of benzene rings is 1. The first-order valence-corrected chi connectivity index (χ1v) is 6.87. The standard InChI is InChI=1S/C15H20N2O3/c1-3-10-5-4-6-12(9-10)16-14(20)17-15(2,13(18)19)11-7-8-11/h4-6,9,11H,3,7-8H2,1-2H3,(H,18,19)(H2,16,17,20). The van der Waals surface area contributed by atoms with Gasteiger partial charge in [-0.15, -0.1) is 0 Å². The highest BCUT2D eigenvalue weighted by Gasteiger charge is 2.48. The summed E-state index contributed by atoms with van der Waals surface area (Å²) in [5.74, 6) is -0.967. The number of nitrogens with one attached hydrogen (secondary N) is 2. The molecule has 1 saturated carbocycles. The maximum absolute atomic E-state index is 12.0. The van der Waals surface area contributed by atoms with Crippen LogP contribution in [-0.4, -0.2) is 22.6 Å². The molecule has 0 saturated heterocycles. The number of rotatable bonds is 5. The van der Waals surface area contributed by atoms with Crippen LogP contribution < -0.4 is 10.6 Å². The fourth-order valence-electron chi connectivity index (χ4n) is 2.26. The van der Waals surface area contributed by atoms with E-state index < -0.39 is 17.5 Å². The zero-order valence-electron chi connectivity index (χ0n) is 11.8. The van der Waals surface area contributed by atoms with E-state index in [0.717, 1.165) is 24.8 Å². The molecule has 1 atom stereocenters. The molecule has 20 heavy (non-hydrogen) atoms. The average molecular weight is 276 g/mol. The van der Waals surface area contributed by atoms with Crippen molar-refractivity contribution in [2.24, 2.45) is 5.92 Å². The molecule has 0 heterocycles. The fraction of sp³-hybridized carbons (Fsp3) is 0.467. The molecule has 108 valence electrons. The molecule has 1 fully saturated rings. The molecule has 2 amide bonds. The van der Waals surface area contributed by atoms with Gasteiger partial charge in [-0.1, -0.05) is 19.1 Å². The van der Waals surface area contributed by atoms with Crippen molar-refractivity contribution < 1.29 is 14.7 Å². The van der Waals surface area contributed by atoms with E-state index in [9.17, 15) is 14.7 Å². The predicted octanol–water partition coefficient (Wildman–Crippen LogP) is 2.62. The van der Waals surface area contributed by atoms with Crippen molar-refractivity contribution >= 4 is 17.7 Å². The lowest BCUT2D eigenvalue weighted by Gasteiger charge is -2.26. The quantitative estimate of drug-likeness (QED) is 0.773. The van der Waals surface area contributed by atoms with Gasteiger partial charge < -0.3 is 15.7 Å². The summed E-state index contributed by atoms with van der Waals surface area (Å²) in [6, 6.07) is 7.04. The van der Waals surface area contributed by atoms with Gasteiger partial charge in [0.05, 0.1) is 0 Å². The summed E-state index contributed by atoms with van der Waals surface area (Å²) < 4.78 is 0. The highest BCUT2D eigenvalue weighted by atomic mass is 16.4. The minimum absolute atomic E-state index is 0.0210. The van der Waals surface area contributed by atoms with Crippen LogP contribution in [0.15, 0.2) is 24.3 Å². The number of urea groups is 1. The Balaban J connectivity index is 2.02. The van der Waals surface area contributed by atoms with Crippen molar-refractivity contribution in [3.63, 3.8) is 0 Å². The van der Waals surface area contributed by atoms with Crippen LogP contribution in [0.4, 0.5) is 10.5 Å². The summed E-state index contributed by atoms with van der Waals surface area (Å²) in [7, 11) is 0. The van der Waals surface area contributed by atoms with Crippen LogP contribution in [0.2, 0.25) is 0 Å². The molecule has 1 unspecified atom stereocenters. The number of carbonyl (C=O) groups is 2. The van der Waals surface area contributed by atoms with E-state index in [2.05, 4.69) is 10.6 Å². The molecule has 0 aliphatic heterocycles. The van der Waals surface area contributed by atoms with E-state index in [-0.39, 0.29) is 5.92 Å². The number of aryl methyl sites for hydroxylation is 1. The van der Waals surface area contributed by atoms with Gasteiger partial charge >= 0.3 is 12.0 Å². The Bertz CT molecular complexity index is 526. The highest BCUT2D eigenvalue weighted by Crippen LogP contribution is 2.39. The second kappa shape index (κ2) is 5.53. The first-order valence-electron chi connectivity index (χ1n) is 6.87. The Morgan fingerprint density at radius 3 is 2.65 bits per heavy atom. The lowest BCUT2D eigenvalue weighted by Crippen LogP contribution is -2.55. The van der Waals surface area contributed by atoms with Gasteiger partial charge in [0, 0.05) is 5.69 Å². The smallest absolute Gasteiger partial charge is 0.329 e. The monoisotopic (exact) mass is 276 g/mol. The number of carboxylic acids is 1. The maximum atomic E-state index is 12.0. The molecule has 5 nitrogen and oxygen atoms in total. The largest absolute Gasteiger partial charge is 0.480 e. The Kier molecular flexibility index (Phi) is 3.97. The Hall–Kier alpha value is -2.04. The Labute approximate surface area is 118 Å². The molecule has 1 aromatic carbocycles. The summed E-state index contributed by atoms with van der Waals surface area (Å²) in [6.07, 6.45) is 2.56. The number of hydrogen-bond donors (Lipinski definition) is 3. The molecule has 1 aliphatic carbocycles. The zero-order chi connectivity index (χ0) is 14.8. The predicted molar refractivity (Wildman–Crippen MR) is 76.7 cm³/mol. The zero-order valence-corrected chi connectivity index (χ0v) is 11.8. The SMILES string of the molecule is CCc1cccc(NC(=O)NC(C)(C(=O)O)C2CC2)c1. The third-order valence-electron chi connectivity index (χ3n) is 3.80. The minimum atomic E-state index is -1.19. The summed E-state index contributed by atoms with van der Waals surface area (Å²) >= 11 is 0. The number of anilines is 1. The molecule has 2 rings (SSSR count). The lowest BCUT2D eigenvalue weighted by molar-refractivity contribution is -0.144. The van der Waals surface area contributed by atoms with Crippen molar-refractivity contribution in [3.05, 3.63) is 29.8 Å². The molecule has 0 aromatic heterocycles. The maximum Gasteiger partial charge on any atom is 0.329 e. The van der Waals surface area contributed by atoms with E-state index in [1.807, 2.05) is 25.1 Å². The molecule has 5 heteroatoms. The van der Waals surface area contributed by atoms with Crippen LogP contribution in [0.5, 0.6) is 0 Å². The van der Waals surface area contributed by atoms with Crippen LogP contribution in [0.3, 0.4) is 0 Å². The normalized spacial score (nSPS) is 17.1. The molecule has 0 bridgehead atoms. The molecule has 3 N–H and O–H groups in total. The van der Waals surface area contributed by atoms with Gasteiger partial charge in [0.2, 0.25) is 0 Å². The number of aliphatic carboxylic acids is 1. The van der Waals surface area contributed by atoms with Crippen molar-refractivity contribution in [2.45, 2.75) is 38.6 Å². The average Bonchev–Trinajstić information content (AvgIpc) is 3.23. The van der Waals surface area contributed by atoms with Gasteiger partial charge in [0.1, 0.15) is 5.54 Å². The molecule has 1 aliphatic rings. The van der Waals surface area contributed by atoms with Crippen LogP contribution in [0, 0.1) is 5.92 Å². The topological polar surface area (TPSA) is 78.4 Å². The second-order valence-electron chi connectivity index (χ2n) is 5.41. The molecule has 0 spiro atoms. The van der Waals surface area contributed by atoms with Crippen molar-refractivity contribution in [2.75, 3.05) is 5.32 Å². The van der Waals surface area contributed by atoms with Gasteiger partial charge in [-0.3, -0.25) is 0 Å². The summed E-state index contributed by atoms with van der Waals surface area (Å²) in [5, 5.41) is 14.6. The van der Waals surface area contributed by atoms with Gasteiger partial charge in [-0.05, 0) is 49.8 Å².